The summed E-state index contributed by atoms with van der Waals surface area (Å²) in [6, 6.07) is 8.57. The van der Waals surface area contributed by atoms with E-state index < -0.39 is 12.6 Å². The second kappa shape index (κ2) is 9.34. The molecule has 0 aliphatic heterocycles. The summed E-state index contributed by atoms with van der Waals surface area (Å²) < 4.78 is 38.1. The van der Waals surface area contributed by atoms with E-state index in [1.54, 1.807) is 18.2 Å². The number of rotatable bonds is 8. The minimum Gasteiger partial charge on any atom is -0.488 e. The first kappa shape index (κ1) is 21.9. The van der Waals surface area contributed by atoms with Crippen LogP contribution in [0.25, 0.3) is 10.4 Å². The van der Waals surface area contributed by atoms with Gasteiger partial charge in [0.1, 0.15) is 24.8 Å². The molecule has 0 fully saturated rings. The van der Waals surface area contributed by atoms with Gasteiger partial charge in [-0.3, -0.25) is 4.79 Å². The van der Waals surface area contributed by atoms with Gasteiger partial charge in [0.05, 0.1) is 10.6 Å². The van der Waals surface area contributed by atoms with Gasteiger partial charge in [-0.1, -0.05) is 18.2 Å². The van der Waals surface area contributed by atoms with Crippen LogP contribution < -0.4 is 4.74 Å². The van der Waals surface area contributed by atoms with E-state index in [0.29, 0.717) is 28.2 Å². The lowest BCUT2D eigenvalue weighted by molar-refractivity contribution is -0.136. The lowest BCUT2D eigenvalue weighted by Crippen LogP contribution is -2.04. The van der Waals surface area contributed by atoms with Gasteiger partial charge < -0.3 is 9.84 Å². The molecule has 4 nitrogen and oxygen atoms in total. The maximum atomic E-state index is 14.5. The Morgan fingerprint density at radius 3 is 2.60 bits per heavy atom. The average molecular weight is 432 g/mol. The van der Waals surface area contributed by atoms with Crippen LogP contribution >= 0.6 is 11.5 Å². The van der Waals surface area contributed by atoms with Crippen LogP contribution in [-0.2, 0) is 24.5 Å². The monoisotopic (exact) mass is 431 g/mol. The van der Waals surface area contributed by atoms with Gasteiger partial charge in [0.15, 0.2) is 0 Å². The van der Waals surface area contributed by atoms with Crippen LogP contribution in [-0.4, -0.2) is 15.4 Å². The maximum Gasteiger partial charge on any atom is 0.303 e. The Kier molecular flexibility index (Phi) is 6.82. The smallest absolute Gasteiger partial charge is 0.303 e. The molecule has 3 rings (SSSR count). The third kappa shape index (κ3) is 4.67. The number of hydrogen-bond donors (Lipinski definition) is 1. The number of aliphatic carboxylic acids is 1. The summed E-state index contributed by atoms with van der Waals surface area (Å²) in [6.07, 6.45) is 0.506. The average Bonchev–Trinajstić information content (AvgIpc) is 3.11. The summed E-state index contributed by atoms with van der Waals surface area (Å²) in [6.45, 7) is 4.94. The molecule has 30 heavy (non-hydrogen) atoms. The molecule has 0 atom stereocenters. The van der Waals surface area contributed by atoms with Gasteiger partial charge in [0, 0.05) is 17.5 Å². The van der Waals surface area contributed by atoms with Crippen molar-refractivity contribution in [1.29, 1.82) is 0 Å². The molecule has 0 aliphatic rings. The molecular weight excluding hydrogens is 408 g/mol. The number of hydrogen-bond acceptors (Lipinski definition) is 4. The number of alkyl halides is 1. The van der Waals surface area contributed by atoms with E-state index in [0.717, 1.165) is 33.8 Å². The molecule has 1 heterocycles. The number of carboxylic acids is 1. The summed E-state index contributed by atoms with van der Waals surface area (Å²) in [5, 5.41) is 8.90. The molecule has 0 unspecified atom stereocenters. The van der Waals surface area contributed by atoms with Crippen LogP contribution in [0.15, 0.2) is 30.3 Å². The number of benzene rings is 2. The fourth-order valence-electron chi connectivity index (χ4n) is 3.28. The predicted molar refractivity (Wildman–Crippen MR) is 113 cm³/mol. The fraction of sp³-hybridized carbons (Fsp3) is 0.304. The van der Waals surface area contributed by atoms with E-state index in [2.05, 4.69) is 4.37 Å². The molecule has 0 amide bonds. The van der Waals surface area contributed by atoms with Gasteiger partial charge in [0.25, 0.3) is 0 Å². The number of aromatic nitrogens is 1. The van der Waals surface area contributed by atoms with E-state index in [-0.39, 0.29) is 24.5 Å². The lowest BCUT2D eigenvalue weighted by atomic mass is 9.99. The van der Waals surface area contributed by atoms with Crippen molar-refractivity contribution in [2.45, 2.75) is 46.9 Å². The molecule has 7 heteroatoms. The van der Waals surface area contributed by atoms with E-state index in [1.807, 2.05) is 26.8 Å². The minimum absolute atomic E-state index is 0.0619. The predicted octanol–water partition coefficient (Wildman–Crippen LogP) is 5.94. The van der Waals surface area contributed by atoms with Gasteiger partial charge >= 0.3 is 5.97 Å². The number of halogens is 2. The second-order valence-electron chi connectivity index (χ2n) is 7.21. The number of aryl methyl sites for hydroxylation is 2. The SMILES string of the molecule is Cc1ccc(-c2snc(CF)c2COc2ccc(CCC(=O)O)c(C)c2C)c(F)c1. The van der Waals surface area contributed by atoms with Gasteiger partial charge in [-0.25, -0.2) is 8.78 Å². The number of carboxylic acid groups (broad SMARTS) is 1. The second-order valence-corrected chi connectivity index (χ2v) is 7.98. The highest BCUT2D eigenvalue weighted by molar-refractivity contribution is 7.09. The van der Waals surface area contributed by atoms with Crippen molar-refractivity contribution >= 4 is 17.5 Å². The van der Waals surface area contributed by atoms with Crippen LogP contribution in [0.2, 0.25) is 0 Å². The molecule has 0 saturated heterocycles. The number of nitrogens with zero attached hydrogens (tertiary/aromatic N) is 1. The van der Waals surface area contributed by atoms with Gasteiger partial charge in [-0.2, -0.15) is 4.37 Å². The van der Waals surface area contributed by atoms with Crippen molar-refractivity contribution in [3.8, 4) is 16.2 Å². The molecule has 0 saturated carbocycles. The highest BCUT2D eigenvalue weighted by Gasteiger charge is 2.19. The summed E-state index contributed by atoms with van der Waals surface area (Å²) in [5.41, 5.74) is 4.79. The summed E-state index contributed by atoms with van der Waals surface area (Å²) >= 11 is 1.06. The zero-order valence-corrected chi connectivity index (χ0v) is 17.9. The number of ether oxygens (including phenoxy) is 1. The van der Waals surface area contributed by atoms with Crippen molar-refractivity contribution in [3.05, 3.63) is 69.7 Å². The van der Waals surface area contributed by atoms with Crippen molar-refractivity contribution in [2.24, 2.45) is 0 Å². The van der Waals surface area contributed by atoms with E-state index in [4.69, 9.17) is 9.84 Å². The topological polar surface area (TPSA) is 59.4 Å². The highest BCUT2D eigenvalue weighted by atomic mass is 32.1. The number of carbonyl (C=O) groups is 1. The standard InChI is InChI=1S/C23H23F2NO3S/c1-13-4-7-17(19(25)10-13)23-18(20(11-24)26-30-23)12-29-21-8-5-16(6-9-22(27)28)14(2)15(21)3/h4-5,7-8,10H,6,9,11-12H2,1-3H3,(H,27,28). The first-order chi connectivity index (χ1) is 14.3. The normalized spacial score (nSPS) is 11.0. The maximum absolute atomic E-state index is 14.5. The van der Waals surface area contributed by atoms with Crippen molar-refractivity contribution in [1.82, 2.24) is 4.37 Å². The van der Waals surface area contributed by atoms with Gasteiger partial charge in [-0.05, 0) is 73.1 Å². The largest absolute Gasteiger partial charge is 0.488 e. The summed E-state index contributed by atoms with van der Waals surface area (Å²) in [4.78, 5) is 11.4. The molecule has 3 aromatic rings. The molecule has 2 aromatic carbocycles. The van der Waals surface area contributed by atoms with Gasteiger partial charge in [0.2, 0.25) is 0 Å². The molecule has 0 radical (unpaired) electrons. The lowest BCUT2D eigenvalue weighted by Gasteiger charge is -2.15. The van der Waals surface area contributed by atoms with Crippen LogP contribution in [0.3, 0.4) is 0 Å². The van der Waals surface area contributed by atoms with Crippen molar-refractivity contribution in [3.63, 3.8) is 0 Å². The van der Waals surface area contributed by atoms with Crippen LogP contribution in [0, 0.1) is 26.6 Å². The third-order valence-electron chi connectivity index (χ3n) is 5.20. The van der Waals surface area contributed by atoms with Crippen LogP contribution in [0.1, 0.15) is 39.9 Å². The Balaban J connectivity index is 1.86. The van der Waals surface area contributed by atoms with Crippen molar-refractivity contribution in [2.75, 3.05) is 0 Å². The molecule has 1 N–H and O–H groups in total. The van der Waals surface area contributed by atoms with E-state index in [1.165, 1.54) is 6.07 Å². The van der Waals surface area contributed by atoms with E-state index in [9.17, 15) is 13.6 Å². The fourth-order valence-corrected chi connectivity index (χ4v) is 4.19. The molecule has 1 aromatic heterocycles. The Labute approximate surface area is 178 Å². The summed E-state index contributed by atoms with van der Waals surface area (Å²) in [5.74, 6) is -0.593. The Hall–Kier alpha value is -2.80. The Morgan fingerprint density at radius 2 is 1.93 bits per heavy atom. The van der Waals surface area contributed by atoms with Gasteiger partial charge in [-0.15, -0.1) is 0 Å². The molecule has 0 aliphatic carbocycles. The van der Waals surface area contributed by atoms with Crippen LogP contribution in [0.4, 0.5) is 8.78 Å². The summed E-state index contributed by atoms with van der Waals surface area (Å²) in [7, 11) is 0. The zero-order chi connectivity index (χ0) is 21.8. The zero-order valence-electron chi connectivity index (χ0n) is 17.1. The molecular formula is C23H23F2NO3S. The first-order valence-corrected chi connectivity index (χ1v) is 10.3. The highest BCUT2D eigenvalue weighted by Crippen LogP contribution is 2.35. The molecule has 0 bridgehead atoms. The minimum atomic E-state index is -0.841. The molecule has 158 valence electrons. The Bertz CT molecular complexity index is 1080. The van der Waals surface area contributed by atoms with Crippen molar-refractivity contribution < 1.29 is 23.4 Å². The molecule has 0 spiro atoms. The van der Waals surface area contributed by atoms with Crippen LogP contribution in [0.5, 0.6) is 5.75 Å². The quantitative estimate of drug-likeness (QED) is 0.479. The first-order valence-electron chi connectivity index (χ1n) is 9.55. The Morgan fingerprint density at radius 1 is 1.17 bits per heavy atom. The van der Waals surface area contributed by atoms with E-state index >= 15 is 0 Å². The third-order valence-corrected chi connectivity index (χ3v) is 6.16.